The number of amides is 1. The lowest BCUT2D eigenvalue weighted by Gasteiger charge is -2.13. The van der Waals surface area contributed by atoms with Gasteiger partial charge in [0.1, 0.15) is 0 Å². The maximum absolute atomic E-state index is 12.3. The fraction of sp³-hybridized carbons (Fsp3) is 0.263. The number of carbonyl (C=O) groups excluding carboxylic acids is 1. The maximum Gasteiger partial charge on any atom is 0.224 e. The molecule has 0 aliphatic heterocycles. The number of nitriles is 1. The van der Waals surface area contributed by atoms with Gasteiger partial charge in [0, 0.05) is 23.0 Å². The largest absolute Gasteiger partial charge is 0.325 e. The van der Waals surface area contributed by atoms with Crippen LogP contribution in [-0.4, -0.2) is 11.2 Å². The lowest BCUT2D eigenvalue weighted by atomic mass is 10.1. The molecule has 2 rings (SSSR count). The summed E-state index contributed by atoms with van der Waals surface area (Å²) in [5.74, 6) is -0.0861. The first-order chi connectivity index (χ1) is 12.0. The molecule has 0 heterocycles. The van der Waals surface area contributed by atoms with E-state index in [1.54, 1.807) is 17.8 Å². The molecule has 0 bridgehead atoms. The zero-order valence-electron chi connectivity index (χ0n) is 13.8. The van der Waals surface area contributed by atoms with E-state index >= 15 is 0 Å². The standard InChI is InChI=1S/C19H18Cl2N2OS/c1-13(11-12-22)25-17-8-3-2-7-16(17)23-18(24)10-9-14-5-4-6-15(20)19(14)21/h2-8,13H,9-11H2,1H3,(H,23,24). The molecule has 2 aromatic carbocycles. The number of anilines is 1. The predicted molar refractivity (Wildman–Crippen MR) is 105 cm³/mol. The molecule has 0 fully saturated rings. The summed E-state index contributed by atoms with van der Waals surface area (Å²) in [7, 11) is 0. The van der Waals surface area contributed by atoms with Crippen molar-refractivity contribution in [2.75, 3.05) is 5.32 Å². The number of benzene rings is 2. The van der Waals surface area contributed by atoms with Crippen LogP contribution >= 0.6 is 35.0 Å². The van der Waals surface area contributed by atoms with Gasteiger partial charge in [-0.2, -0.15) is 5.26 Å². The number of hydrogen-bond acceptors (Lipinski definition) is 3. The Bertz CT molecular complexity index is 789. The summed E-state index contributed by atoms with van der Waals surface area (Å²) < 4.78 is 0. The highest BCUT2D eigenvalue weighted by Crippen LogP contribution is 2.32. The van der Waals surface area contributed by atoms with E-state index in [-0.39, 0.29) is 11.2 Å². The Labute approximate surface area is 162 Å². The molecule has 0 radical (unpaired) electrons. The number of thioether (sulfide) groups is 1. The van der Waals surface area contributed by atoms with Crippen molar-refractivity contribution in [1.82, 2.24) is 0 Å². The number of para-hydroxylation sites is 1. The van der Waals surface area contributed by atoms with Crippen LogP contribution in [0.5, 0.6) is 0 Å². The van der Waals surface area contributed by atoms with Crippen LogP contribution in [-0.2, 0) is 11.2 Å². The third-order valence-corrected chi connectivity index (χ3v) is 5.56. The quantitative estimate of drug-likeness (QED) is 0.591. The average Bonchev–Trinajstić information content (AvgIpc) is 2.58. The van der Waals surface area contributed by atoms with Crippen LogP contribution in [0, 0.1) is 11.3 Å². The summed E-state index contributed by atoms with van der Waals surface area (Å²) in [6.07, 6.45) is 1.29. The molecular formula is C19H18Cl2N2OS. The number of carbonyl (C=O) groups is 1. The van der Waals surface area contributed by atoms with Crippen molar-refractivity contribution in [2.45, 2.75) is 36.3 Å². The molecule has 0 aliphatic carbocycles. The Morgan fingerprint density at radius 2 is 2.00 bits per heavy atom. The molecule has 1 N–H and O–H groups in total. The fourth-order valence-corrected chi connectivity index (χ4v) is 3.67. The van der Waals surface area contributed by atoms with Gasteiger partial charge in [-0.3, -0.25) is 4.79 Å². The Balaban J connectivity index is 1.99. The van der Waals surface area contributed by atoms with Crippen molar-refractivity contribution in [3.05, 3.63) is 58.1 Å². The molecule has 25 heavy (non-hydrogen) atoms. The number of nitrogens with one attached hydrogen (secondary N) is 1. The maximum atomic E-state index is 12.3. The summed E-state index contributed by atoms with van der Waals surface area (Å²) in [6.45, 7) is 1.99. The van der Waals surface area contributed by atoms with Gasteiger partial charge >= 0.3 is 0 Å². The topological polar surface area (TPSA) is 52.9 Å². The van der Waals surface area contributed by atoms with Crippen LogP contribution in [0.25, 0.3) is 0 Å². The minimum Gasteiger partial charge on any atom is -0.325 e. The summed E-state index contributed by atoms with van der Waals surface area (Å²) in [6, 6.07) is 15.2. The summed E-state index contributed by atoms with van der Waals surface area (Å²) >= 11 is 13.7. The normalized spacial score (nSPS) is 11.6. The Morgan fingerprint density at radius 1 is 1.24 bits per heavy atom. The smallest absolute Gasteiger partial charge is 0.224 e. The van der Waals surface area contributed by atoms with Crippen LogP contribution in [0.15, 0.2) is 47.4 Å². The van der Waals surface area contributed by atoms with E-state index in [0.717, 1.165) is 16.1 Å². The van der Waals surface area contributed by atoms with Crippen LogP contribution in [0.4, 0.5) is 5.69 Å². The highest BCUT2D eigenvalue weighted by molar-refractivity contribution is 8.00. The molecular weight excluding hydrogens is 375 g/mol. The summed E-state index contributed by atoms with van der Waals surface area (Å²) in [4.78, 5) is 13.3. The van der Waals surface area contributed by atoms with E-state index in [2.05, 4.69) is 11.4 Å². The number of nitrogens with zero attached hydrogens (tertiary/aromatic N) is 1. The van der Waals surface area contributed by atoms with Gasteiger partial charge in [-0.1, -0.05) is 54.4 Å². The van der Waals surface area contributed by atoms with E-state index in [0.29, 0.717) is 29.3 Å². The van der Waals surface area contributed by atoms with Crippen LogP contribution in [0.2, 0.25) is 10.0 Å². The van der Waals surface area contributed by atoms with Crippen molar-refractivity contribution in [3.63, 3.8) is 0 Å². The molecule has 1 unspecified atom stereocenters. The SMILES string of the molecule is CC(CC#N)Sc1ccccc1NC(=O)CCc1cccc(Cl)c1Cl. The zero-order valence-corrected chi connectivity index (χ0v) is 16.1. The molecule has 1 atom stereocenters. The van der Waals surface area contributed by atoms with Gasteiger partial charge in [0.05, 0.1) is 21.8 Å². The third kappa shape index (κ3) is 5.97. The van der Waals surface area contributed by atoms with Crippen LogP contribution in [0.1, 0.15) is 25.3 Å². The average molecular weight is 393 g/mol. The first-order valence-corrected chi connectivity index (χ1v) is 9.50. The van der Waals surface area contributed by atoms with E-state index < -0.39 is 0 Å². The Morgan fingerprint density at radius 3 is 2.76 bits per heavy atom. The predicted octanol–water partition coefficient (Wildman–Crippen LogP) is 5.96. The molecule has 0 aliphatic rings. The van der Waals surface area contributed by atoms with Crippen molar-refractivity contribution in [1.29, 1.82) is 5.26 Å². The number of halogens is 2. The Kier molecular flexibility index (Phi) is 7.64. The fourth-order valence-electron chi connectivity index (χ4n) is 2.26. The monoisotopic (exact) mass is 392 g/mol. The van der Waals surface area contributed by atoms with Gasteiger partial charge in [-0.05, 0) is 30.2 Å². The van der Waals surface area contributed by atoms with Gasteiger partial charge in [-0.15, -0.1) is 11.8 Å². The lowest BCUT2D eigenvalue weighted by Crippen LogP contribution is -2.13. The van der Waals surface area contributed by atoms with E-state index in [9.17, 15) is 4.79 Å². The molecule has 2 aromatic rings. The summed E-state index contributed by atoms with van der Waals surface area (Å²) in [5, 5.41) is 12.9. The van der Waals surface area contributed by atoms with Gasteiger partial charge in [0.15, 0.2) is 0 Å². The Hall–Kier alpha value is -1.67. The first-order valence-electron chi connectivity index (χ1n) is 7.86. The van der Waals surface area contributed by atoms with Crippen molar-refractivity contribution in [2.24, 2.45) is 0 Å². The molecule has 0 aromatic heterocycles. The van der Waals surface area contributed by atoms with E-state index in [1.165, 1.54) is 0 Å². The number of aryl methyl sites for hydroxylation is 1. The molecule has 3 nitrogen and oxygen atoms in total. The number of hydrogen-bond donors (Lipinski definition) is 1. The van der Waals surface area contributed by atoms with E-state index in [1.807, 2.05) is 43.3 Å². The van der Waals surface area contributed by atoms with Gasteiger partial charge in [-0.25, -0.2) is 0 Å². The molecule has 0 saturated heterocycles. The zero-order chi connectivity index (χ0) is 18.2. The van der Waals surface area contributed by atoms with Crippen molar-refractivity contribution in [3.8, 4) is 6.07 Å². The second-order valence-electron chi connectivity index (χ2n) is 5.55. The second kappa shape index (κ2) is 9.72. The van der Waals surface area contributed by atoms with Gasteiger partial charge in [0.25, 0.3) is 0 Å². The van der Waals surface area contributed by atoms with Crippen LogP contribution < -0.4 is 5.32 Å². The highest BCUT2D eigenvalue weighted by Gasteiger charge is 2.12. The molecule has 1 amide bonds. The van der Waals surface area contributed by atoms with Gasteiger partial charge < -0.3 is 5.32 Å². The second-order valence-corrected chi connectivity index (χ2v) is 7.81. The lowest BCUT2D eigenvalue weighted by molar-refractivity contribution is -0.116. The molecule has 0 spiro atoms. The highest BCUT2D eigenvalue weighted by atomic mass is 35.5. The van der Waals surface area contributed by atoms with Gasteiger partial charge in [0.2, 0.25) is 5.91 Å². The minimum absolute atomic E-state index is 0.0861. The third-order valence-electron chi connectivity index (χ3n) is 3.52. The van der Waals surface area contributed by atoms with Crippen molar-refractivity contribution < 1.29 is 4.79 Å². The van der Waals surface area contributed by atoms with E-state index in [4.69, 9.17) is 28.5 Å². The molecule has 130 valence electrons. The molecule has 6 heteroatoms. The van der Waals surface area contributed by atoms with Crippen LogP contribution in [0.3, 0.4) is 0 Å². The summed E-state index contributed by atoms with van der Waals surface area (Å²) in [5.41, 5.74) is 1.62. The minimum atomic E-state index is -0.0861. The molecule has 0 saturated carbocycles. The van der Waals surface area contributed by atoms with Crippen molar-refractivity contribution >= 4 is 46.6 Å². The first kappa shape index (κ1) is 19.7. The number of rotatable bonds is 7.